The van der Waals surface area contributed by atoms with Gasteiger partial charge in [-0.3, -0.25) is 14.4 Å². The summed E-state index contributed by atoms with van der Waals surface area (Å²) in [4.78, 5) is 38.0. The third-order valence-electron chi connectivity index (χ3n) is 12.5. The molecule has 0 radical (unpaired) electrons. The Hall–Kier alpha value is -1.59. The molecule has 0 spiro atoms. The Labute approximate surface area is 380 Å². The molecule has 0 aromatic heterocycles. The monoisotopic (exact) mass is 863 g/mol. The SMILES string of the molecule is CCCCCCCCCCCCCCCCCCCC(=O)OC[C@H](COC(=O)CCCCCCCCCCCCCC(C)C)OC(=O)CCCCCCCCCCCC(C)C. The highest BCUT2D eigenvalue weighted by Crippen LogP contribution is 2.18. The summed E-state index contributed by atoms with van der Waals surface area (Å²) in [5.74, 6) is 0.787. The van der Waals surface area contributed by atoms with Gasteiger partial charge in [0.05, 0.1) is 0 Å². The maximum Gasteiger partial charge on any atom is 0.306 e. The van der Waals surface area contributed by atoms with Crippen molar-refractivity contribution in [1.29, 1.82) is 0 Å². The second-order valence-corrected chi connectivity index (χ2v) is 19.8. The maximum atomic E-state index is 12.8. The Morgan fingerprint density at radius 1 is 0.311 bits per heavy atom. The minimum atomic E-state index is -0.762. The molecule has 0 unspecified atom stereocenters. The summed E-state index contributed by atoms with van der Waals surface area (Å²) in [6.07, 6.45) is 49.5. The van der Waals surface area contributed by atoms with Gasteiger partial charge in [-0.1, -0.05) is 266 Å². The van der Waals surface area contributed by atoms with Crippen molar-refractivity contribution in [1.82, 2.24) is 0 Å². The van der Waals surface area contributed by atoms with E-state index >= 15 is 0 Å². The molecule has 0 N–H and O–H groups in total. The largest absolute Gasteiger partial charge is 0.462 e. The average Bonchev–Trinajstić information content (AvgIpc) is 3.23. The Balaban J connectivity index is 4.28. The Bertz CT molecular complexity index is 931. The second kappa shape index (κ2) is 47.9. The predicted octanol–water partition coefficient (Wildman–Crippen LogP) is 17.7. The molecule has 0 aliphatic carbocycles. The summed E-state index contributed by atoms with van der Waals surface area (Å²) in [6, 6.07) is 0. The first-order valence-electron chi connectivity index (χ1n) is 27.2. The van der Waals surface area contributed by atoms with Gasteiger partial charge in [-0.25, -0.2) is 0 Å². The van der Waals surface area contributed by atoms with Gasteiger partial charge in [-0.05, 0) is 31.1 Å². The van der Waals surface area contributed by atoms with Crippen LogP contribution in [0.3, 0.4) is 0 Å². The van der Waals surface area contributed by atoms with E-state index in [1.807, 2.05) is 0 Å². The molecule has 6 nitrogen and oxygen atoms in total. The molecule has 61 heavy (non-hydrogen) atoms. The van der Waals surface area contributed by atoms with E-state index in [9.17, 15) is 14.4 Å². The highest BCUT2D eigenvalue weighted by Gasteiger charge is 2.19. The van der Waals surface area contributed by atoms with Crippen LogP contribution in [0.25, 0.3) is 0 Å². The molecule has 0 heterocycles. The lowest BCUT2D eigenvalue weighted by Gasteiger charge is -2.18. The van der Waals surface area contributed by atoms with E-state index < -0.39 is 6.10 Å². The van der Waals surface area contributed by atoms with Crippen molar-refractivity contribution in [3.8, 4) is 0 Å². The number of hydrogen-bond acceptors (Lipinski definition) is 6. The van der Waals surface area contributed by atoms with Crippen LogP contribution in [0.15, 0.2) is 0 Å². The lowest BCUT2D eigenvalue weighted by molar-refractivity contribution is -0.167. The number of carbonyl (C=O) groups is 3. The molecule has 0 saturated heterocycles. The van der Waals surface area contributed by atoms with Gasteiger partial charge in [0.15, 0.2) is 6.10 Å². The zero-order valence-corrected chi connectivity index (χ0v) is 41.8. The first kappa shape index (κ1) is 59.4. The summed E-state index contributed by atoms with van der Waals surface area (Å²) >= 11 is 0. The van der Waals surface area contributed by atoms with Crippen molar-refractivity contribution < 1.29 is 28.6 Å². The number of esters is 3. The van der Waals surface area contributed by atoms with Gasteiger partial charge in [0.2, 0.25) is 0 Å². The van der Waals surface area contributed by atoms with Gasteiger partial charge in [-0.2, -0.15) is 0 Å². The number of hydrogen-bond donors (Lipinski definition) is 0. The van der Waals surface area contributed by atoms with Crippen molar-refractivity contribution in [3.05, 3.63) is 0 Å². The number of unbranched alkanes of at least 4 members (excludes halogenated alkanes) is 34. The minimum Gasteiger partial charge on any atom is -0.462 e. The Morgan fingerprint density at radius 3 is 0.803 bits per heavy atom. The highest BCUT2D eigenvalue weighted by molar-refractivity contribution is 5.71. The fourth-order valence-corrected chi connectivity index (χ4v) is 8.34. The van der Waals surface area contributed by atoms with E-state index in [2.05, 4.69) is 34.6 Å². The third kappa shape index (κ3) is 49.3. The summed E-state index contributed by atoms with van der Waals surface area (Å²) in [6.45, 7) is 11.4. The van der Waals surface area contributed by atoms with E-state index in [1.165, 1.54) is 193 Å². The average molecular weight is 863 g/mol. The summed E-state index contributed by atoms with van der Waals surface area (Å²) in [5, 5.41) is 0. The summed E-state index contributed by atoms with van der Waals surface area (Å²) in [7, 11) is 0. The molecule has 0 bridgehead atoms. The van der Waals surface area contributed by atoms with Gasteiger partial charge in [0.1, 0.15) is 13.2 Å². The van der Waals surface area contributed by atoms with E-state index in [0.717, 1.165) is 69.6 Å². The topological polar surface area (TPSA) is 78.9 Å². The molecule has 0 aliphatic heterocycles. The van der Waals surface area contributed by atoms with Crippen LogP contribution in [0, 0.1) is 11.8 Å². The first-order valence-corrected chi connectivity index (χ1v) is 27.2. The quantitative estimate of drug-likeness (QED) is 0.0344. The fourth-order valence-electron chi connectivity index (χ4n) is 8.34. The van der Waals surface area contributed by atoms with Crippen LogP contribution in [-0.4, -0.2) is 37.2 Å². The molecule has 6 heteroatoms. The molecule has 0 saturated carbocycles. The van der Waals surface area contributed by atoms with Crippen LogP contribution in [0.5, 0.6) is 0 Å². The van der Waals surface area contributed by atoms with E-state index in [1.54, 1.807) is 0 Å². The van der Waals surface area contributed by atoms with Crippen LogP contribution in [-0.2, 0) is 28.6 Å². The third-order valence-corrected chi connectivity index (χ3v) is 12.5. The first-order chi connectivity index (χ1) is 29.7. The lowest BCUT2D eigenvalue weighted by atomic mass is 10.0. The van der Waals surface area contributed by atoms with Crippen LogP contribution in [0.1, 0.15) is 304 Å². The van der Waals surface area contributed by atoms with Crippen molar-refractivity contribution >= 4 is 17.9 Å². The Kier molecular flexibility index (Phi) is 46.6. The molecular weight excluding hydrogens is 757 g/mol. The summed E-state index contributed by atoms with van der Waals surface area (Å²) < 4.78 is 16.8. The van der Waals surface area contributed by atoms with Crippen LogP contribution in [0.2, 0.25) is 0 Å². The van der Waals surface area contributed by atoms with E-state index in [-0.39, 0.29) is 31.1 Å². The predicted molar refractivity (Wildman–Crippen MR) is 261 cm³/mol. The van der Waals surface area contributed by atoms with Gasteiger partial charge >= 0.3 is 17.9 Å². The second-order valence-electron chi connectivity index (χ2n) is 19.8. The number of rotatable bonds is 49. The fraction of sp³-hybridized carbons (Fsp3) is 0.945. The lowest BCUT2D eigenvalue weighted by Crippen LogP contribution is -2.30. The maximum absolute atomic E-state index is 12.8. The normalized spacial score (nSPS) is 12.0. The number of carbonyl (C=O) groups excluding carboxylic acids is 3. The molecule has 1 atom stereocenters. The Morgan fingerprint density at radius 2 is 0.541 bits per heavy atom. The van der Waals surface area contributed by atoms with Gasteiger partial charge < -0.3 is 14.2 Å². The van der Waals surface area contributed by atoms with Gasteiger partial charge in [0.25, 0.3) is 0 Å². The smallest absolute Gasteiger partial charge is 0.306 e. The molecule has 362 valence electrons. The molecular formula is C55H106O6. The van der Waals surface area contributed by atoms with Crippen LogP contribution >= 0.6 is 0 Å². The molecule has 0 aromatic rings. The van der Waals surface area contributed by atoms with E-state index in [0.29, 0.717) is 19.3 Å². The van der Waals surface area contributed by atoms with Gasteiger partial charge in [0, 0.05) is 19.3 Å². The van der Waals surface area contributed by atoms with Crippen molar-refractivity contribution in [2.24, 2.45) is 11.8 Å². The molecule has 0 aliphatic rings. The van der Waals surface area contributed by atoms with Crippen molar-refractivity contribution in [2.75, 3.05) is 13.2 Å². The van der Waals surface area contributed by atoms with Crippen LogP contribution in [0.4, 0.5) is 0 Å². The molecule has 0 fully saturated rings. The minimum absolute atomic E-state index is 0.0636. The standard InChI is InChI=1S/C55H106O6/c1-6-7-8-9-10-11-12-13-14-15-16-17-20-25-30-35-40-45-53(56)59-48-52(61-55(58)47-42-37-32-27-22-24-29-34-39-44-51(4)5)49-60-54(57)46-41-36-31-26-21-18-19-23-28-33-38-43-50(2)3/h50-52H,6-49H2,1-5H3/t52-/m1/s1. The van der Waals surface area contributed by atoms with Crippen molar-refractivity contribution in [3.63, 3.8) is 0 Å². The summed E-state index contributed by atoms with van der Waals surface area (Å²) in [5.41, 5.74) is 0. The van der Waals surface area contributed by atoms with E-state index in [4.69, 9.17) is 14.2 Å². The molecule has 0 rings (SSSR count). The molecule has 0 amide bonds. The van der Waals surface area contributed by atoms with Gasteiger partial charge in [-0.15, -0.1) is 0 Å². The van der Waals surface area contributed by atoms with Crippen LogP contribution < -0.4 is 0 Å². The van der Waals surface area contributed by atoms with Crippen molar-refractivity contribution in [2.45, 2.75) is 310 Å². The highest BCUT2D eigenvalue weighted by atomic mass is 16.6. The molecule has 0 aromatic carbocycles. The zero-order chi connectivity index (χ0) is 44.7. The number of ether oxygens (including phenoxy) is 3. The zero-order valence-electron chi connectivity index (χ0n) is 41.8.